The van der Waals surface area contributed by atoms with Gasteiger partial charge in [0.15, 0.2) is 0 Å². The maximum absolute atomic E-state index is 13.8. The number of nitrogens with zero attached hydrogens (tertiary/aromatic N) is 1. The lowest BCUT2D eigenvalue weighted by molar-refractivity contribution is -0.120. The van der Waals surface area contributed by atoms with Crippen LogP contribution in [0, 0.1) is 6.92 Å². The zero-order chi connectivity index (χ0) is 29.5. The van der Waals surface area contributed by atoms with Crippen LogP contribution in [-0.2, 0) is 11.2 Å². The summed E-state index contributed by atoms with van der Waals surface area (Å²) in [5, 5.41) is 6.35. The first kappa shape index (κ1) is 29.2. The average Bonchev–Trinajstić information content (AvgIpc) is 3.45. The van der Waals surface area contributed by atoms with E-state index in [2.05, 4.69) is 52.7 Å². The monoisotopic (exact) mass is 595 g/mol. The number of hydrogen-bond donors (Lipinski definition) is 2. The number of benzene rings is 4. The smallest absolute Gasteiger partial charge is 0.325 e. The number of carbonyl (C=O) groups excluding carboxylic acids is 2. The van der Waals surface area contributed by atoms with Crippen LogP contribution in [0.1, 0.15) is 18.1 Å². The summed E-state index contributed by atoms with van der Waals surface area (Å²) in [6.07, 6.45) is 0.365. The lowest BCUT2D eigenvalue weighted by atomic mass is 10.0. The number of rotatable bonds is 10. The molecule has 2 N–H and O–H groups in total. The highest BCUT2D eigenvalue weighted by molar-refractivity contribution is 7.98. The van der Waals surface area contributed by atoms with Crippen LogP contribution in [0.2, 0.25) is 0 Å². The molecule has 1 atom stereocenters. The minimum Gasteiger partial charge on any atom is -0.497 e. The second-order valence-corrected chi connectivity index (χ2v) is 11.5. The van der Waals surface area contributed by atoms with Crippen LogP contribution in [0.3, 0.4) is 0 Å². The molecule has 0 fully saturated rings. The summed E-state index contributed by atoms with van der Waals surface area (Å²) in [6.45, 7) is 4.45. The largest absolute Gasteiger partial charge is 0.497 e. The fourth-order valence-corrected chi connectivity index (χ4v) is 6.59. The number of thiophene rings is 1. The first-order valence-electron chi connectivity index (χ1n) is 13.8. The Morgan fingerprint density at radius 2 is 1.64 bits per heavy atom. The second kappa shape index (κ2) is 13.6. The molecule has 8 heteroatoms. The van der Waals surface area contributed by atoms with Gasteiger partial charge in [-0.15, -0.1) is 11.3 Å². The molecule has 0 radical (unpaired) electrons. The number of ether oxygens (including phenoxy) is 1. The van der Waals surface area contributed by atoms with Gasteiger partial charge in [-0.2, -0.15) is 0 Å². The minimum absolute atomic E-state index is 0.186. The SMILES string of the molecule is CCN(C(=O)C(Cc1ccccc1)NC(=O)NSc1cccc(-c2csc3ccccc23)c1C)c1ccc(OC)cc1. The van der Waals surface area contributed by atoms with Gasteiger partial charge in [-0.25, -0.2) is 4.79 Å². The number of carbonyl (C=O) groups is 2. The number of fused-ring (bicyclic) bond motifs is 1. The highest BCUT2D eigenvalue weighted by Crippen LogP contribution is 2.37. The van der Waals surface area contributed by atoms with Crippen LogP contribution < -0.4 is 19.7 Å². The van der Waals surface area contributed by atoms with E-state index in [1.807, 2.05) is 73.7 Å². The van der Waals surface area contributed by atoms with E-state index in [0.29, 0.717) is 18.7 Å². The first-order chi connectivity index (χ1) is 20.5. The zero-order valence-corrected chi connectivity index (χ0v) is 25.4. The number of nitrogens with one attached hydrogen (secondary N) is 2. The predicted octanol–water partition coefficient (Wildman–Crippen LogP) is 7.86. The summed E-state index contributed by atoms with van der Waals surface area (Å²) in [7, 11) is 1.61. The molecule has 5 aromatic rings. The van der Waals surface area contributed by atoms with Crippen LogP contribution in [0.4, 0.5) is 10.5 Å². The van der Waals surface area contributed by atoms with Gasteiger partial charge in [0, 0.05) is 39.2 Å². The summed E-state index contributed by atoms with van der Waals surface area (Å²) in [5.74, 6) is 0.526. The van der Waals surface area contributed by atoms with Gasteiger partial charge in [-0.1, -0.05) is 60.7 Å². The van der Waals surface area contributed by atoms with Gasteiger partial charge in [0.25, 0.3) is 0 Å². The maximum atomic E-state index is 13.8. The zero-order valence-electron chi connectivity index (χ0n) is 23.8. The quantitative estimate of drug-likeness (QED) is 0.161. The number of urea groups is 1. The van der Waals surface area contributed by atoms with E-state index in [1.165, 1.54) is 27.6 Å². The van der Waals surface area contributed by atoms with E-state index in [1.54, 1.807) is 23.3 Å². The Morgan fingerprint density at radius 1 is 0.905 bits per heavy atom. The molecule has 0 spiro atoms. The van der Waals surface area contributed by atoms with Gasteiger partial charge in [-0.3, -0.25) is 9.52 Å². The van der Waals surface area contributed by atoms with Crippen molar-refractivity contribution in [2.24, 2.45) is 0 Å². The summed E-state index contributed by atoms with van der Waals surface area (Å²) in [5.41, 5.74) is 5.11. The topological polar surface area (TPSA) is 70.7 Å². The number of likely N-dealkylation sites (N-methyl/N-ethyl adjacent to an activating group) is 1. The van der Waals surface area contributed by atoms with E-state index in [9.17, 15) is 9.59 Å². The van der Waals surface area contributed by atoms with Crippen molar-refractivity contribution in [2.45, 2.75) is 31.2 Å². The van der Waals surface area contributed by atoms with Gasteiger partial charge in [0.05, 0.1) is 7.11 Å². The fourth-order valence-electron chi connectivity index (χ4n) is 4.96. The number of amides is 3. The summed E-state index contributed by atoms with van der Waals surface area (Å²) < 4.78 is 9.43. The van der Waals surface area contributed by atoms with Crippen LogP contribution in [-0.4, -0.2) is 31.6 Å². The van der Waals surface area contributed by atoms with Crippen LogP contribution in [0.15, 0.2) is 107 Å². The predicted molar refractivity (Wildman–Crippen MR) is 174 cm³/mol. The third-order valence-electron chi connectivity index (χ3n) is 7.16. The molecule has 4 aromatic carbocycles. The van der Waals surface area contributed by atoms with E-state index < -0.39 is 12.1 Å². The van der Waals surface area contributed by atoms with Gasteiger partial charge in [0.1, 0.15) is 11.8 Å². The number of anilines is 1. The number of hydrogen-bond acceptors (Lipinski definition) is 5. The van der Waals surface area contributed by atoms with Crippen molar-refractivity contribution >= 4 is 51.0 Å². The van der Waals surface area contributed by atoms with E-state index >= 15 is 0 Å². The van der Waals surface area contributed by atoms with E-state index in [4.69, 9.17) is 4.74 Å². The molecule has 3 amide bonds. The Labute approximate surface area is 254 Å². The third-order valence-corrected chi connectivity index (χ3v) is 9.07. The van der Waals surface area contributed by atoms with E-state index in [-0.39, 0.29) is 5.91 Å². The van der Waals surface area contributed by atoms with Gasteiger partial charge in [-0.05, 0) is 84.3 Å². The highest BCUT2D eigenvalue weighted by Gasteiger charge is 2.27. The van der Waals surface area contributed by atoms with Crippen molar-refractivity contribution in [2.75, 3.05) is 18.6 Å². The normalized spacial score (nSPS) is 11.6. The molecular formula is C34H33N3O3S2. The maximum Gasteiger partial charge on any atom is 0.325 e. The molecular weight excluding hydrogens is 563 g/mol. The molecule has 0 aliphatic rings. The summed E-state index contributed by atoms with van der Waals surface area (Å²) >= 11 is 2.98. The third kappa shape index (κ3) is 6.61. The van der Waals surface area contributed by atoms with Crippen molar-refractivity contribution in [1.29, 1.82) is 0 Å². The van der Waals surface area contributed by atoms with Gasteiger partial charge < -0.3 is 15.0 Å². The highest BCUT2D eigenvalue weighted by atomic mass is 32.2. The van der Waals surface area contributed by atoms with Crippen molar-refractivity contribution in [3.63, 3.8) is 0 Å². The summed E-state index contributed by atoms with van der Waals surface area (Å²) in [4.78, 5) is 29.7. The molecule has 6 nitrogen and oxygen atoms in total. The van der Waals surface area contributed by atoms with Crippen LogP contribution in [0.25, 0.3) is 21.2 Å². The molecule has 0 saturated carbocycles. The molecule has 1 heterocycles. The number of methoxy groups -OCH3 is 1. The van der Waals surface area contributed by atoms with Crippen LogP contribution >= 0.6 is 23.3 Å². The molecule has 1 aromatic heterocycles. The molecule has 1 unspecified atom stereocenters. The Morgan fingerprint density at radius 3 is 2.38 bits per heavy atom. The Balaban J connectivity index is 1.32. The minimum atomic E-state index is -0.764. The molecule has 0 aliphatic heterocycles. The Kier molecular flexibility index (Phi) is 9.46. The van der Waals surface area contributed by atoms with Crippen molar-refractivity contribution in [1.82, 2.24) is 10.0 Å². The second-order valence-electron chi connectivity index (χ2n) is 9.77. The first-order valence-corrected chi connectivity index (χ1v) is 15.5. The molecule has 214 valence electrons. The summed E-state index contributed by atoms with van der Waals surface area (Å²) in [6, 6.07) is 30.4. The van der Waals surface area contributed by atoms with Crippen molar-refractivity contribution < 1.29 is 14.3 Å². The average molecular weight is 596 g/mol. The standard InChI is InChI=1S/C34H33N3O3S2/c1-4-37(25-17-19-26(40-3)20-18-25)33(38)30(21-24-11-6-5-7-12-24)35-34(39)36-42-31-16-10-14-27(23(31)2)29-22-41-32-15-9-8-13-28(29)32/h5-20,22,30H,4,21H2,1-3H3,(H2,35,36,39). The lowest BCUT2D eigenvalue weighted by Gasteiger charge is -2.27. The molecule has 0 saturated heterocycles. The lowest BCUT2D eigenvalue weighted by Crippen LogP contribution is -2.51. The molecule has 5 rings (SSSR count). The van der Waals surface area contributed by atoms with Gasteiger partial charge in [0.2, 0.25) is 5.91 Å². The molecule has 0 bridgehead atoms. The van der Waals surface area contributed by atoms with Crippen molar-refractivity contribution in [3.8, 4) is 16.9 Å². The van der Waals surface area contributed by atoms with E-state index in [0.717, 1.165) is 27.3 Å². The van der Waals surface area contributed by atoms with Gasteiger partial charge >= 0.3 is 6.03 Å². The fraction of sp³-hybridized carbons (Fsp3) is 0.176. The Bertz CT molecular complexity index is 1670. The van der Waals surface area contributed by atoms with Crippen LogP contribution in [0.5, 0.6) is 5.75 Å². The Hall–Kier alpha value is -4.27. The molecule has 42 heavy (non-hydrogen) atoms. The van der Waals surface area contributed by atoms with Crippen molar-refractivity contribution in [3.05, 3.63) is 114 Å². The molecule has 0 aliphatic carbocycles.